The molecule has 0 radical (unpaired) electrons. The van der Waals surface area contributed by atoms with Gasteiger partial charge in [-0.1, -0.05) is 11.6 Å². The molecule has 4 aromatic rings. The van der Waals surface area contributed by atoms with Crippen LogP contribution in [0.2, 0.25) is 5.02 Å². The summed E-state index contributed by atoms with van der Waals surface area (Å²) in [6.07, 6.45) is 2.38. The van der Waals surface area contributed by atoms with E-state index in [4.69, 9.17) is 16.6 Å². The highest BCUT2D eigenvalue weighted by Gasteiger charge is 2.23. The lowest BCUT2D eigenvalue weighted by Crippen LogP contribution is -2.45. The zero-order valence-corrected chi connectivity index (χ0v) is 19.7. The zero-order chi connectivity index (χ0) is 22.2. The summed E-state index contributed by atoms with van der Waals surface area (Å²) >= 11 is 6.10. The van der Waals surface area contributed by atoms with E-state index in [0.717, 1.165) is 59.6 Å². The van der Waals surface area contributed by atoms with Gasteiger partial charge in [-0.2, -0.15) is 5.10 Å². The molecule has 0 bridgehead atoms. The van der Waals surface area contributed by atoms with Crippen molar-refractivity contribution in [3.8, 4) is 11.5 Å². The van der Waals surface area contributed by atoms with Crippen molar-refractivity contribution in [3.05, 3.63) is 41.4 Å². The van der Waals surface area contributed by atoms with Gasteiger partial charge < -0.3 is 19.7 Å². The third-order valence-corrected chi connectivity index (χ3v) is 6.80. The van der Waals surface area contributed by atoms with Crippen LogP contribution in [0.5, 0.6) is 0 Å². The number of nitrogens with one attached hydrogen (secondary N) is 2. The number of fused-ring (bicyclic) bond motifs is 2. The summed E-state index contributed by atoms with van der Waals surface area (Å²) in [7, 11) is 6.53. The van der Waals surface area contributed by atoms with Crippen LogP contribution >= 0.6 is 11.6 Å². The van der Waals surface area contributed by atoms with Crippen molar-refractivity contribution in [3.63, 3.8) is 0 Å². The normalized spacial score (nSPS) is 15.6. The molecular formula is C24H30ClN7. The summed E-state index contributed by atoms with van der Waals surface area (Å²) in [6.45, 7) is 4.38. The van der Waals surface area contributed by atoms with Crippen molar-refractivity contribution in [2.45, 2.75) is 18.9 Å². The standard InChI is InChI=1S/C24H30ClN7/c1-30(2)12-13-31(3)17-8-10-32(11-9-17)18-5-7-20-22(15-18)27-24(26-20)23-19-6-4-16(25)14-21(19)28-29-23/h4-7,14-15,17H,8-13H2,1-3H3,(H,26,27)(H,28,29). The molecule has 2 N–H and O–H groups in total. The highest BCUT2D eigenvalue weighted by Crippen LogP contribution is 2.30. The van der Waals surface area contributed by atoms with E-state index in [9.17, 15) is 0 Å². The number of imidazole rings is 1. The molecule has 2 aromatic carbocycles. The molecule has 32 heavy (non-hydrogen) atoms. The van der Waals surface area contributed by atoms with Crippen molar-refractivity contribution in [1.82, 2.24) is 30.0 Å². The number of hydrogen-bond donors (Lipinski definition) is 2. The number of piperidine rings is 1. The Morgan fingerprint density at radius 2 is 1.84 bits per heavy atom. The highest BCUT2D eigenvalue weighted by atomic mass is 35.5. The molecule has 0 unspecified atom stereocenters. The van der Waals surface area contributed by atoms with E-state index >= 15 is 0 Å². The first-order valence-corrected chi connectivity index (χ1v) is 11.6. The van der Waals surface area contributed by atoms with Crippen molar-refractivity contribution in [2.24, 2.45) is 0 Å². The number of aromatic amines is 2. The van der Waals surface area contributed by atoms with Gasteiger partial charge in [-0.3, -0.25) is 5.10 Å². The average Bonchev–Trinajstić information content (AvgIpc) is 3.40. The van der Waals surface area contributed by atoms with Gasteiger partial charge in [0.25, 0.3) is 0 Å². The molecule has 0 spiro atoms. The Balaban J connectivity index is 1.31. The topological polar surface area (TPSA) is 67.1 Å². The monoisotopic (exact) mass is 451 g/mol. The highest BCUT2D eigenvalue weighted by molar-refractivity contribution is 6.31. The molecular weight excluding hydrogens is 422 g/mol. The number of nitrogens with zero attached hydrogens (tertiary/aromatic N) is 5. The van der Waals surface area contributed by atoms with E-state index in [1.165, 1.54) is 18.5 Å². The summed E-state index contributed by atoms with van der Waals surface area (Å²) < 4.78 is 0. The minimum atomic E-state index is 0.662. The molecule has 0 saturated carbocycles. The number of hydrogen-bond acceptors (Lipinski definition) is 5. The van der Waals surface area contributed by atoms with Crippen LogP contribution in [0.15, 0.2) is 36.4 Å². The van der Waals surface area contributed by atoms with Crippen LogP contribution in [0.4, 0.5) is 5.69 Å². The maximum absolute atomic E-state index is 6.10. The Hall–Kier alpha value is -2.61. The van der Waals surface area contributed by atoms with Crippen LogP contribution in [-0.2, 0) is 0 Å². The average molecular weight is 452 g/mol. The lowest BCUT2D eigenvalue weighted by atomic mass is 10.0. The number of likely N-dealkylation sites (N-methyl/N-ethyl adjacent to an activating group) is 2. The second-order valence-electron chi connectivity index (χ2n) is 9.05. The Morgan fingerprint density at radius 3 is 2.62 bits per heavy atom. The minimum absolute atomic E-state index is 0.662. The van der Waals surface area contributed by atoms with Gasteiger partial charge in [-0.15, -0.1) is 0 Å². The van der Waals surface area contributed by atoms with Gasteiger partial charge in [-0.05, 0) is 70.4 Å². The Bertz CT molecular complexity index is 1220. The Morgan fingerprint density at radius 1 is 1.03 bits per heavy atom. The van der Waals surface area contributed by atoms with Gasteiger partial charge in [0.15, 0.2) is 5.82 Å². The molecule has 1 saturated heterocycles. The molecule has 0 atom stereocenters. The van der Waals surface area contributed by atoms with Gasteiger partial charge in [0, 0.05) is 48.3 Å². The van der Waals surface area contributed by atoms with Crippen LogP contribution in [0.25, 0.3) is 33.5 Å². The number of H-pyrrole nitrogens is 2. The number of rotatable bonds is 6. The Kier molecular flexibility index (Phi) is 5.80. The summed E-state index contributed by atoms with van der Waals surface area (Å²) in [6, 6.07) is 12.9. The SMILES string of the molecule is CN(C)CCN(C)C1CCN(c2ccc3nc(-c4n[nH]c5cc(Cl)ccc45)[nH]c3c2)CC1. The summed E-state index contributed by atoms with van der Waals surface area (Å²) in [4.78, 5) is 15.5. The van der Waals surface area contributed by atoms with E-state index in [0.29, 0.717) is 11.1 Å². The third-order valence-electron chi connectivity index (χ3n) is 6.57. The third kappa shape index (κ3) is 4.20. The van der Waals surface area contributed by atoms with Gasteiger partial charge in [-0.25, -0.2) is 4.98 Å². The first-order chi connectivity index (χ1) is 15.5. The maximum Gasteiger partial charge on any atom is 0.159 e. The molecule has 0 aliphatic carbocycles. The predicted molar refractivity (Wildman–Crippen MR) is 133 cm³/mol. The van der Waals surface area contributed by atoms with Crippen LogP contribution in [0.1, 0.15) is 12.8 Å². The Labute approximate surface area is 193 Å². The fraction of sp³-hybridized carbons (Fsp3) is 0.417. The van der Waals surface area contributed by atoms with Gasteiger partial charge in [0.2, 0.25) is 0 Å². The van der Waals surface area contributed by atoms with E-state index < -0.39 is 0 Å². The fourth-order valence-corrected chi connectivity index (χ4v) is 4.76. The molecule has 1 aliphatic heterocycles. The molecule has 5 rings (SSSR count). The second kappa shape index (κ2) is 8.73. The molecule has 8 heteroatoms. The number of halogens is 1. The number of benzene rings is 2. The molecule has 1 fully saturated rings. The minimum Gasteiger partial charge on any atom is -0.371 e. The zero-order valence-electron chi connectivity index (χ0n) is 18.9. The summed E-state index contributed by atoms with van der Waals surface area (Å²) in [5, 5.41) is 9.22. The van der Waals surface area contributed by atoms with Crippen LogP contribution in [0.3, 0.4) is 0 Å². The molecule has 3 heterocycles. The lowest BCUT2D eigenvalue weighted by Gasteiger charge is -2.38. The lowest BCUT2D eigenvalue weighted by molar-refractivity contribution is 0.190. The van der Waals surface area contributed by atoms with Crippen molar-refractivity contribution in [1.29, 1.82) is 0 Å². The quantitative estimate of drug-likeness (QED) is 0.459. The largest absolute Gasteiger partial charge is 0.371 e. The van der Waals surface area contributed by atoms with Gasteiger partial charge >= 0.3 is 0 Å². The second-order valence-corrected chi connectivity index (χ2v) is 9.49. The number of aromatic nitrogens is 4. The van der Waals surface area contributed by atoms with Crippen molar-refractivity contribution >= 4 is 39.2 Å². The van der Waals surface area contributed by atoms with E-state index in [2.05, 4.69) is 69.2 Å². The van der Waals surface area contributed by atoms with Crippen LogP contribution in [-0.4, -0.2) is 83.3 Å². The molecule has 7 nitrogen and oxygen atoms in total. The smallest absolute Gasteiger partial charge is 0.159 e. The van der Waals surface area contributed by atoms with Gasteiger partial charge in [0.1, 0.15) is 5.69 Å². The fourth-order valence-electron chi connectivity index (χ4n) is 4.58. The molecule has 0 amide bonds. The van der Waals surface area contributed by atoms with E-state index in [1.807, 2.05) is 18.2 Å². The maximum atomic E-state index is 6.10. The van der Waals surface area contributed by atoms with Crippen LogP contribution in [0, 0.1) is 0 Å². The first-order valence-electron chi connectivity index (χ1n) is 11.2. The molecule has 1 aliphatic rings. The van der Waals surface area contributed by atoms with E-state index in [-0.39, 0.29) is 0 Å². The first kappa shape index (κ1) is 21.2. The number of anilines is 1. The molecule has 2 aromatic heterocycles. The predicted octanol–water partition coefficient (Wildman–Crippen LogP) is 4.22. The van der Waals surface area contributed by atoms with Crippen molar-refractivity contribution < 1.29 is 0 Å². The summed E-state index contributed by atoms with van der Waals surface area (Å²) in [5.41, 5.74) is 4.96. The summed E-state index contributed by atoms with van der Waals surface area (Å²) in [5.74, 6) is 0.770. The van der Waals surface area contributed by atoms with E-state index in [1.54, 1.807) is 0 Å². The molecule has 168 valence electrons. The van der Waals surface area contributed by atoms with Crippen molar-refractivity contribution in [2.75, 3.05) is 52.2 Å². The van der Waals surface area contributed by atoms with Crippen LogP contribution < -0.4 is 4.90 Å². The van der Waals surface area contributed by atoms with Gasteiger partial charge in [0.05, 0.1) is 16.6 Å².